The lowest BCUT2D eigenvalue weighted by Crippen LogP contribution is -1.81. The van der Waals surface area contributed by atoms with E-state index in [0.29, 0.717) is 0 Å². The van der Waals surface area contributed by atoms with Gasteiger partial charge in [-0.1, -0.05) is 36.4 Å². The van der Waals surface area contributed by atoms with Gasteiger partial charge in [-0.2, -0.15) is 0 Å². The number of aromatic amines is 1. The Balaban J connectivity index is 1.57. The van der Waals surface area contributed by atoms with Crippen molar-refractivity contribution in [3.05, 3.63) is 91.1 Å². The van der Waals surface area contributed by atoms with Gasteiger partial charge in [0.2, 0.25) is 0 Å². The summed E-state index contributed by atoms with van der Waals surface area (Å²) in [4.78, 5) is 8.11. The molecule has 30 heavy (non-hydrogen) atoms. The molecule has 1 N–H and O–H groups in total. The van der Waals surface area contributed by atoms with Gasteiger partial charge in [0.25, 0.3) is 0 Å². The minimum atomic E-state index is 0.927. The van der Waals surface area contributed by atoms with Crippen LogP contribution in [-0.4, -0.2) is 9.97 Å². The molecule has 0 amide bonds. The predicted molar refractivity (Wildman–Crippen MR) is 124 cm³/mol. The summed E-state index contributed by atoms with van der Waals surface area (Å²) in [6, 6.07) is 29.5. The Morgan fingerprint density at radius 1 is 0.633 bits per heavy atom. The van der Waals surface area contributed by atoms with Gasteiger partial charge in [0.1, 0.15) is 11.2 Å². The zero-order valence-electron chi connectivity index (χ0n) is 16.0. The summed E-state index contributed by atoms with van der Waals surface area (Å²) in [7, 11) is 0. The molecular formula is C27H16N2O. The van der Waals surface area contributed by atoms with E-state index in [9.17, 15) is 0 Å². The number of pyridine rings is 1. The van der Waals surface area contributed by atoms with Crippen molar-refractivity contribution < 1.29 is 4.42 Å². The second kappa shape index (κ2) is 5.71. The largest absolute Gasteiger partial charge is 0.456 e. The van der Waals surface area contributed by atoms with Crippen molar-refractivity contribution in [2.75, 3.05) is 0 Å². The van der Waals surface area contributed by atoms with Crippen LogP contribution in [0.25, 0.3) is 65.8 Å². The number of fused-ring (bicyclic) bond motifs is 8. The topological polar surface area (TPSA) is 41.8 Å². The number of hydrogen-bond acceptors (Lipinski definition) is 2. The SMILES string of the molecule is c1ccc(-c2ccc3[nH]c4cc5c(ccc6oc7ccccc7c65)cc4c3c2)nc1. The number of nitrogens with zero attached hydrogens (tertiary/aromatic N) is 1. The Morgan fingerprint density at radius 3 is 2.47 bits per heavy atom. The first kappa shape index (κ1) is 15.8. The minimum absolute atomic E-state index is 0.927. The van der Waals surface area contributed by atoms with Gasteiger partial charge in [-0.15, -0.1) is 0 Å². The third-order valence-corrected chi connectivity index (χ3v) is 6.04. The standard InChI is InChI=1S/C27H16N2O/c1-2-7-25-18(5-1)27-19-15-24-21(13-16(19)9-11-26(27)30-25)20-14-17(8-10-23(20)29-24)22-6-3-4-12-28-22/h1-15,29H. The molecular weight excluding hydrogens is 368 g/mol. The zero-order valence-corrected chi connectivity index (χ0v) is 16.0. The summed E-state index contributed by atoms with van der Waals surface area (Å²) in [5.41, 5.74) is 6.23. The van der Waals surface area contributed by atoms with E-state index in [0.717, 1.165) is 38.8 Å². The fourth-order valence-electron chi connectivity index (χ4n) is 4.64. The van der Waals surface area contributed by atoms with E-state index in [1.54, 1.807) is 0 Å². The Labute approximate surface area is 171 Å². The van der Waals surface area contributed by atoms with Crippen molar-refractivity contribution in [2.24, 2.45) is 0 Å². The van der Waals surface area contributed by atoms with Crippen molar-refractivity contribution >= 4 is 54.5 Å². The highest BCUT2D eigenvalue weighted by Crippen LogP contribution is 2.38. The average molecular weight is 384 g/mol. The molecule has 0 saturated carbocycles. The van der Waals surface area contributed by atoms with E-state index in [1.165, 1.54) is 26.9 Å². The molecule has 0 spiro atoms. The first-order valence-corrected chi connectivity index (χ1v) is 10.1. The zero-order chi connectivity index (χ0) is 19.7. The number of H-pyrrole nitrogens is 1. The van der Waals surface area contributed by atoms with Crippen LogP contribution in [0.2, 0.25) is 0 Å². The van der Waals surface area contributed by atoms with Crippen LogP contribution in [-0.2, 0) is 0 Å². The molecule has 7 rings (SSSR count). The van der Waals surface area contributed by atoms with Crippen molar-refractivity contribution in [3.63, 3.8) is 0 Å². The maximum atomic E-state index is 6.08. The third kappa shape index (κ3) is 2.12. The number of nitrogens with one attached hydrogen (secondary N) is 1. The molecule has 0 aliphatic rings. The predicted octanol–water partition coefficient (Wildman–Crippen LogP) is 7.44. The van der Waals surface area contributed by atoms with Crippen molar-refractivity contribution in [2.45, 2.75) is 0 Å². The first-order chi connectivity index (χ1) is 14.8. The molecule has 0 aliphatic heterocycles. The van der Waals surface area contributed by atoms with Crippen LogP contribution in [0.1, 0.15) is 0 Å². The lowest BCUT2D eigenvalue weighted by molar-refractivity contribution is 0.669. The number of para-hydroxylation sites is 1. The van der Waals surface area contributed by atoms with E-state index < -0.39 is 0 Å². The van der Waals surface area contributed by atoms with Gasteiger partial charge in [-0.25, -0.2) is 0 Å². The lowest BCUT2D eigenvalue weighted by atomic mass is 10.0. The van der Waals surface area contributed by atoms with E-state index in [-0.39, 0.29) is 0 Å². The van der Waals surface area contributed by atoms with E-state index in [2.05, 4.69) is 64.6 Å². The maximum absolute atomic E-state index is 6.08. The van der Waals surface area contributed by atoms with Crippen molar-refractivity contribution in [3.8, 4) is 11.3 Å². The number of hydrogen-bond donors (Lipinski definition) is 1. The second-order valence-corrected chi connectivity index (χ2v) is 7.76. The first-order valence-electron chi connectivity index (χ1n) is 10.1. The molecule has 0 radical (unpaired) electrons. The van der Waals surface area contributed by atoms with Gasteiger partial charge >= 0.3 is 0 Å². The Kier molecular flexibility index (Phi) is 3.00. The van der Waals surface area contributed by atoms with Crippen molar-refractivity contribution in [1.82, 2.24) is 9.97 Å². The third-order valence-electron chi connectivity index (χ3n) is 6.04. The molecule has 0 saturated heterocycles. The maximum Gasteiger partial charge on any atom is 0.136 e. The molecule has 0 aliphatic carbocycles. The summed E-state index contributed by atoms with van der Waals surface area (Å²) in [6.07, 6.45) is 1.84. The van der Waals surface area contributed by atoms with Gasteiger partial charge in [0, 0.05) is 44.3 Å². The average Bonchev–Trinajstić information content (AvgIpc) is 3.35. The van der Waals surface area contributed by atoms with Gasteiger partial charge in [-0.3, -0.25) is 4.98 Å². The minimum Gasteiger partial charge on any atom is -0.456 e. The fraction of sp³-hybridized carbons (Fsp3) is 0. The van der Waals surface area contributed by atoms with Crippen LogP contribution in [0.15, 0.2) is 95.5 Å². The number of furan rings is 1. The Morgan fingerprint density at radius 2 is 1.53 bits per heavy atom. The van der Waals surface area contributed by atoms with Crippen LogP contribution >= 0.6 is 0 Å². The van der Waals surface area contributed by atoms with E-state index >= 15 is 0 Å². The second-order valence-electron chi connectivity index (χ2n) is 7.76. The van der Waals surface area contributed by atoms with Gasteiger partial charge in [0.05, 0.1) is 5.69 Å². The molecule has 3 aromatic heterocycles. The normalized spacial score (nSPS) is 12.0. The number of benzene rings is 4. The molecule has 140 valence electrons. The summed E-state index contributed by atoms with van der Waals surface area (Å²) in [5.74, 6) is 0. The highest BCUT2D eigenvalue weighted by molar-refractivity contribution is 6.22. The van der Waals surface area contributed by atoms with Crippen molar-refractivity contribution in [1.29, 1.82) is 0 Å². The summed E-state index contributed by atoms with van der Waals surface area (Å²) in [6.45, 7) is 0. The highest BCUT2D eigenvalue weighted by Gasteiger charge is 2.13. The smallest absolute Gasteiger partial charge is 0.136 e. The molecule has 3 heterocycles. The van der Waals surface area contributed by atoms with Crippen LogP contribution in [0.4, 0.5) is 0 Å². The number of aromatic nitrogens is 2. The quantitative estimate of drug-likeness (QED) is 0.320. The monoisotopic (exact) mass is 384 g/mol. The number of rotatable bonds is 1. The van der Waals surface area contributed by atoms with Gasteiger partial charge in [0.15, 0.2) is 0 Å². The molecule has 0 unspecified atom stereocenters. The molecule has 7 aromatic rings. The molecule has 3 nitrogen and oxygen atoms in total. The van der Waals surface area contributed by atoms with Gasteiger partial charge in [-0.05, 0) is 59.3 Å². The Bertz CT molecular complexity index is 1740. The molecule has 0 fully saturated rings. The van der Waals surface area contributed by atoms with E-state index in [4.69, 9.17) is 4.42 Å². The van der Waals surface area contributed by atoms with E-state index in [1.807, 2.05) is 36.5 Å². The highest BCUT2D eigenvalue weighted by atomic mass is 16.3. The Hall–Kier alpha value is -4.11. The van der Waals surface area contributed by atoms with Crippen LogP contribution in [0.3, 0.4) is 0 Å². The molecule has 0 atom stereocenters. The van der Waals surface area contributed by atoms with Crippen LogP contribution < -0.4 is 0 Å². The molecule has 3 heteroatoms. The van der Waals surface area contributed by atoms with Crippen LogP contribution in [0, 0.1) is 0 Å². The summed E-state index contributed by atoms with van der Waals surface area (Å²) < 4.78 is 6.08. The molecule has 4 aromatic carbocycles. The van der Waals surface area contributed by atoms with Gasteiger partial charge < -0.3 is 9.40 Å². The summed E-state index contributed by atoms with van der Waals surface area (Å²) in [5, 5.41) is 7.20. The fourth-order valence-corrected chi connectivity index (χ4v) is 4.64. The molecule has 0 bridgehead atoms. The lowest BCUT2D eigenvalue weighted by Gasteiger charge is -2.02. The summed E-state index contributed by atoms with van der Waals surface area (Å²) >= 11 is 0. The van der Waals surface area contributed by atoms with Crippen LogP contribution in [0.5, 0.6) is 0 Å².